The molecule has 0 amide bonds. The van der Waals surface area contributed by atoms with E-state index in [1.165, 1.54) is 0 Å². The van der Waals surface area contributed by atoms with Crippen molar-refractivity contribution in [3.63, 3.8) is 0 Å². The fourth-order valence-electron chi connectivity index (χ4n) is 0. The third-order valence-electron chi connectivity index (χ3n) is 0. The van der Waals surface area contributed by atoms with Crippen molar-refractivity contribution < 1.29 is 42.5 Å². The molecule has 0 aromatic rings. The molecule has 0 unspecified atom stereocenters. The average Bonchev–Trinajstić information content (AvgIpc) is 1.25. The third-order valence-corrected chi connectivity index (χ3v) is 0. The molecule has 0 bridgehead atoms. The molecule has 10 N–H and O–H groups in total. The molecule has 82 valence electrons. The van der Waals surface area contributed by atoms with Crippen LogP contribution in [0.2, 0.25) is 0 Å². The normalized spacial score (nSPS) is 3.69. The second kappa shape index (κ2) is 47.4. The van der Waals surface area contributed by atoms with Gasteiger partial charge in [-0.2, -0.15) is 0 Å². The number of nitrogens with zero attached hydrogens (tertiary/aromatic N) is 2. The number of hydrogen-bond acceptors (Lipinski definition) is 4. The first-order chi connectivity index (χ1) is 3.46. The van der Waals surface area contributed by atoms with Crippen molar-refractivity contribution in [3.8, 4) is 0 Å². The molecule has 0 aromatic carbocycles. The molecule has 0 atom stereocenters. The molecule has 0 rings (SSSR count). The third kappa shape index (κ3) is 291. The van der Waals surface area contributed by atoms with E-state index in [1.807, 2.05) is 0 Å². The van der Waals surface area contributed by atoms with Gasteiger partial charge in [0.2, 0.25) is 0 Å². The Morgan fingerprint density at radius 2 is 0.769 bits per heavy atom. The number of rotatable bonds is 0. The largest absolute Gasteiger partial charge is 0.412 e. The maximum Gasteiger partial charge on any atom is 0.291 e. The van der Waals surface area contributed by atoms with Crippen LogP contribution in [0.5, 0.6) is 0 Å². The Bertz CT molecular complexity index is 70.9. The quantitative estimate of drug-likeness (QED) is 0.225. The van der Waals surface area contributed by atoms with Gasteiger partial charge in [0.25, 0.3) is 10.2 Å². The van der Waals surface area contributed by atoms with Crippen molar-refractivity contribution >= 4 is 10.1 Å². The van der Waals surface area contributed by atoms with E-state index >= 15 is 0 Å². The summed E-state index contributed by atoms with van der Waals surface area (Å²) in [5.41, 5.74) is 0. The summed E-state index contributed by atoms with van der Waals surface area (Å²) in [4.78, 5) is 16.7. The van der Waals surface area contributed by atoms with Crippen LogP contribution in [0.3, 0.4) is 0 Å². The van der Waals surface area contributed by atoms with Crippen LogP contribution in [0.25, 0.3) is 0 Å². The summed E-state index contributed by atoms with van der Waals surface area (Å²) in [5.74, 6) is 0. The van der Waals surface area contributed by atoms with Crippen molar-refractivity contribution in [1.29, 1.82) is 0 Å². The zero-order valence-electron chi connectivity index (χ0n) is 6.13. The molecule has 0 fully saturated rings. The van der Waals surface area contributed by atoms with Crippen molar-refractivity contribution in [3.05, 3.63) is 20.2 Å². The van der Waals surface area contributed by atoms with Crippen molar-refractivity contribution in [2.75, 3.05) is 0 Å². The Hall–Kier alpha value is -1.59. The Kier molecular flexibility index (Phi) is 232. The van der Waals surface area contributed by atoms with Gasteiger partial charge in [-0.3, -0.25) is 0 Å². The SMILES string of the molecule is O.O.O.O.O=[N+]([O-])O.O=[N+]([O-])O.[Be]. The smallest absolute Gasteiger partial charge is 0.291 e. The van der Waals surface area contributed by atoms with Gasteiger partial charge < -0.3 is 32.3 Å². The molecule has 0 saturated carbocycles. The summed E-state index contributed by atoms with van der Waals surface area (Å²) < 4.78 is 0. The summed E-state index contributed by atoms with van der Waals surface area (Å²) in [7, 11) is 0. The Morgan fingerprint density at radius 3 is 0.769 bits per heavy atom. The van der Waals surface area contributed by atoms with Gasteiger partial charge >= 0.3 is 0 Å². The summed E-state index contributed by atoms with van der Waals surface area (Å²) in [6, 6.07) is 0. The van der Waals surface area contributed by atoms with Crippen molar-refractivity contribution in [2.45, 2.75) is 0 Å². The predicted molar refractivity (Wildman–Crippen MR) is 37.8 cm³/mol. The van der Waals surface area contributed by atoms with Crippen LogP contribution in [0.1, 0.15) is 0 Å². The molecule has 13 heteroatoms. The van der Waals surface area contributed by atoms with Crippen LogP contribution in [-0.2, 0) is 0 Å². The van der Waals surface area contributed by atoms with Gasteiger partial charge in [-0.05, 0) is 0 Å². The minimum absolute atomic E-state index is 0. The summed E-state index contributed by atoms with van der Waals surface area (Å²) in [6.45, 7) is 0. The molecular formula is H10BeN2O10. The average molecular weight is 207 g/mol. The fraction of sp³-hybridized carbons (Fsp3) is 0. The minimum atomic E-state index is -1.50. The van der Waals surface area contributed by atoms with Crippen LogP contribution in [0.15, 0.2) is 0 Å². The molecule has 0 aliphatic rings. The van der Waals surface area contributed by atoms with Gasteiger partial charge in [0.1, 0.15) is 0 Å². The van der Waals surface area contributed by atoms with Crippen molar-refractivity contribution in [1.82, 2.24) is 0 Å². The van der Waals surface area contributed by atoms with Crippen LogP contribution in [-0.4, -0.2) is 52.6 Å². The van der Waals surface area contributed by atoms with Crippen molar-refractivity contribution in [2.24, 2.45) is 0 Å². The second-order valence-electron chi connectivity index (χ2n) is 0.476. The molecule has 0 aliphatic carbocycles. The van der Waals surface area contributed by atoms with E-state index in [0.29, 0.717) is 0 Å². The minimum Gasteiger partial charge on any atom is -0.412 e. The zero-order valence-corrected chi connectivity index (χ0v) is 6.13. The Labute approximate surface area is 74.1 Å². The Balaban J connectivity index is -0.00000000800. The van der Waals surface area contributed by atoms with E-state index in [9.17, 15) is 0 Å². The van der Waals surface area contributed by atoms with Gasteiger partial charge in [0.15, 0.2) is 0 Å². The van der Waals surface area contributed by atoms with Gasteiger partial charge in [0, 0.05) is 10.1 Å². The summed E-state index contributed by atoms with van der Waals surface area (Å²) in [5, 5.41) is 27.3. The maximum atomic E-state index is 8.36. The van der Waals surface area contributed by atoms with Gasteiger partial charge in [-0.15, -0.1) is 20.2 Å². The molecule has 0 spiro atoms. The second-order valence-corrected chi connectivity index (χ2v) is 0.476. The molecular weight excluding hydrogens is 197 g/mol. The number of hydrogen-bond donors (Lipinski definition) is 2. The molecule has 0 heterocycles. The van der Waals surface area contributed by atoms with Crippen LogP contribution < -0.4 is 0 Å². The first-order valence-corrected chi connectivity index (χ1v) is 1.13. The van der Waals surface area contributed by atoms with Crippen LogP contribution in [0, 0.1) is 20.2 Å². The van der Waals surface area contributed by atoms with E-state index in [4.69, 9.17) is 30.6 Å². The van der Waals surface area contributed by atoms with Crippen LogP contribution >= 0.6 is 0 Å². The summed E-state index contributed by atoms with van der Waals surface area (Å²) in [6.07, 6.45) is 0. The standard InChI is InChI=1S/Be.2HNO3.4H2O/c;2*2-1(3)4;;;;/h;2*(H,2,3,4);4*1H2. The van der Waals surface area contributed by atoms with Gasteiger partial charge in [-0.25, -0.2) is 0 Å². The molecule has 12 nitrogen and oxygen atoms in total. The van der Waals surface area contributed by atoms with Gasteiger partial charge in [-0.1, -0.05) is 0 Å². The van der Waals surface area contributed by atoms with E-state index in [1.54, 1.807) is 0 Å². The molecule has 0 saturated heterocycles. The summed E-state index contributed by atoms with van der Waals surface area (Å²) >= 11 is 0. The van der Waals surface area contributed by atoms with Crippen LogP contribution in [0.4, 0.5) is 0 Å². The topological polar surface area (TPSA) is 253 Å². The first-order valence-electron chi connectivity index (χ1n) is 1.13. The molecule has 0 aliphatic heterocycles. The van der Waals surface area contributed by atoms with Gasteiger partial charge in [0.05, 0.1) is 0 Å². The first kappa shape index (κ1) is 63.6. The van der Waals surface area contributed by atoms with E-state index in [2.05, 4.69) is 0 Å². The zero-order chi connectivity index (χ0) is 7.15. The Morgan fingerprint density at radius 1 is 0.769 bits per heavy atom. The monoisotopic (exact) mass is 207 g/mol. The van der Waals surface area contributed by atoms with E-state index in [0.717, 1.165) is 0 Å². The van der Waals surface area contributed by atoms with E-state index in [-0.39, 0.29) is 32.0 Å². The predicted octanol–water partition coefficient (Wildman–Crippen LogP) is -4.37. The van der Waals surface area contributed by atoms with E-state index < -0.39 is 10.2 Å². The fourth-order valence-corrected chi connectivity index (χ4v) is 0. The maximum absolute atomic E-state index is 8.36. The molecule has 2 radical (unpaired) electrons. The molecule has 13 heavy (non-hydrogen) atoms. The molecule has 0 aromatic heterocycles.